The zero-order chi connectivity index (χ0) is 18.9. The molecule has 138 valence electrons. The lowest BCUT2D eigenvalue weighted by Gasteiger charge is -2.23. The molecule has 0 aromatic heterocycles. The summed E-state index contributed by atoms with van der Waals surface area (Å²) in [6.45, 7) is 3.64. The van der Waals surface area contributed by atoms with Gasteiger partial charge in [0.1, 0.15) is 11.6 Å². The lowest BCUT2D eigenvalue weighted by molar-refractivity contribution is -0.147. The number of carbonyl (C=O) groups is 2. The van der Waals surface area contributed by atoms with Gasteiger partial charge in [-0.1, -0.05) is 11.7 Å². The van der Waals surface area contributed by atoms with Crippen LogP contribution in [0.15, 0.2) is 36.0 Å². The van der Waals surface area contributed by atoms with E-state index in [1.54, 1.807) is 0 Å². The number of nitrogens with one attached hydrogen (secondary N) is 1. The maximum atomic E-state index is 13.4. The molecular formula is C17H16F2N2O5. The second-order valence-electron chi connectivity index (χ2n) is 6.12. The Labute approximate surface area is 147 Å². The van der Waals surface area contributed by atoms with Gasteiger partial charge in [0, 0.05) is 24.5 Å². The first-order chi connectivity index (χ1) is 12.3. The molecule has 2 unspecified atom stereocenters. The molecule has 1 saturated heterocycles. The highest BCUT2D eigenvalue weighted by molar-refractivity contribution is 6.06. The van der Waals surface area contributed by atoms with E-state index in [2.05, 4.69) is 17.1 Å². The molecule has 0 bridgehead atoms. The van der Waals surface area contributed by atoms with E-state index in [-0.39, 0.29) is 30.7 Å². The van der Waals surface area contributed by atoms with Gasteiger partial charge in [-0.05, 0) is 18.2 Å². The van der Waals surface area contributed by atoms with Crippen molar-refractivity contribution in [3.8, 4) is 0 Å². The summed E-state index contributed by atoms with van der Waals surface area (Å²) < 4.78 is 31.9. The minimum Gasteiger partial charge on any atom is -0.479 e. The molecule has 0 spiro atoms. The number of amides is 1. The second kappa shape index (κ2) is 6.83. The standard InChI is InChI=1S/C17H16F2N2O5/c1-2-17(16(24)20-12-6-14(15(22)23)25-8-12)7-13(21-26-17)9-3-10(18)5-11(19)4-9/h2-5,12,14H,1,6-8H2,(H,20,24)(H,22,23)/t12?,14?,17-/m1/s1. The third-order valence-electron chi connectivity index (χ3n) is 4.27. The molecule has 1 amide bonds. The third kappa shape index (κ3) is 3.43. The Morgan fingerprint density at radius 1 is 1.35 bits per heavy atom. The third-order valence-corrected chi connectivity index (χ3v) is 4.27. The van der Waals surface area contributed by atoms with Crippen LogP contribution in [-0.4, -0.2) is 47.0 Å². The Balaban J connectivity index is 1.70. The quantitative estimate of drug-likeness (QED) is 0.768. The molecule has 2 N–H and O–H groups in total. The van der Waals surface area contributed by atoms with Crippen LogP contribution in [0.5, 0.6) is 0 Å². The largest absolute Gasteiger partial charge is 0.479 e. The number of nitrogens with zero attached hydrogens (tertiary/aromatic N) is 1. The molecule has 26 heavy (non-hydrogen) atoms. The van der Waals surface area contributed by atoms with E-state index in [4.69, 9.17) is 14.7 Å². The van der Waals surface area contributed by atoms with Gasteiger partial charge in [0.15, 0.2) is 6.10 Å². The molecule has 3 atom stereocenters. The van der Waals surface area contributed by atoms with Crippen molar-refractivity contribution in [2.75, 3.05) is 6.61 Å². The molecule has 2 heterocycles. The number of oxime groups is 1. The second-order valence-corrected chi connectivity index (χ2v) is 6.12. The molecule has 0 saturated carbocycles. The average Bonchev–Trinajstić information content (AvgIpc) is 3.21. The highest BCUT2D eigenvalue weighted by atomic mass is 19.1. The van der Waals surface area contributed by atoms with Gasteiger partial charge in [-0.3, -0.25) is 4.79 Å². The van der Waals surface area contributed by atoms with Crippen LogP contribution in [0.25, 0.3) is 0 Å². The van der Waals surface area contributed by atoms with Crippen LogP contribution in [0.1, 0.15) is 18.4 Å². The zero-order valence-corrected chi connectivity index (χ0v) is 13.6. The molecule has 0 radical (unpaired) electrons. The first-order valence-electron chi connectivity index (χ1n) is 7.83. The molecule has 1 aromatic rings. The molecule has 1 aromatic carbocycles. The SMILES string of the molecule is C=C[C@]1(C(=O)NC2COC(C(=O)O)C2)CC(c2cc(F)cc(F)c2)=NO1. The van der Waals surface area contributed by atoms with Crippen LogP contribution in [0.4, 0.5) is 8.78 Å². The Hall–Kier alpha value is -2.81. The predicted octanol–water partition coefficient (Wildman–Crippen LogP) is 1.37. The lowest BCUT2D eigenvalue weighted by Crippen LogP contribution is -2.49. The molecule has 2 aliphatic heterocycles. The Bertz CT molecular complexity index is 777. The maximum Gasteiger partial charge on any atom is 0.332 e. The number of carboxylic acid groups (broad SMARTS) is 1. The number of halogens is 2. The fourth-order valence-corrected chi connectivity index (χ4v) is 2.86. The summed E-state index contributed by atoms with van der Waals surface area (Å²) in [5.74, 6) is -3.23. The summed E-state index contributed by atoms with van der Waals surface area (Å²) in [6.07, 6.45) is 0.323. The number of aliphatic carboxylic acids is 1. The summed E-state index contributed by atoms with van der Waals surface area (Å²) in [5, 5.41) is 15.3. The molecular weight excluding hydrogens is 350 g/mol. The summed E-state index contributed by atoms with van der Waals surface area (Å²) in [7, 11) is 0. The van der Waals surface area contributed by atoms with Gasteiger partial charge in [0.05, 0.1) is 18.4 Å². The first-order valence-corrected chi connectivity index (χ1v) is 7.83. The molecule has 2 aliphatic rings. The number of rotatable bonds is 5. The highest BCUT2D eigenvalue weighted by Crippen LogP contribution is 2.29. The minimum atomic E-state index is -1.54. The molecule has 7 nitrogen and oxygen atoms in total. The van der Waals surface area contributed by atoms with Gasteiger partial charge in [-0.15, -0.1) is 0 Å². The van der Waals surface area contributed by atoms with E-state index < -0.39 is 41.3 Å². The molecule has 1 fully saturated rings. The van der Waals surface area contributed by atoms with Gasteiger partial charge in [-0.2, -0.15) is 0 Å². The van der Waals surface area contributed by atoms with E-state index in [9.17, 15) is 18.4 Å². The number of ether oxygens (including phenoxy) is 1. The van der Waals surface area contributed by atoms with E-state index in [1.165, 1.54) is 6.08 Å². The monoisotopic (exact) mass is 366 g/mol. The van der Waals surface area contributed by atoms with Gasteiger partial charge >= 0.3 is 5.97 Å². The molecule has 0 aliphatic carbocycles. The van der Waals surface area contributed by atoms with Crippen LogP contribution >= 0.6 is 0 Å². The van der Waals surface area contributed by atoms with Crippen molar-refractivity contribution in [3.05, 3.63) is 48.1 Å². The van der Waals surface area contributed by atoms with Gasteiger partial charge < -0.3 is 20.0 Å². The topological polar surface area (TPSA) is 97.2 Å². The minimum absolute atomic E-state index is 0.0543. The van der Waals surface area contributed by atoms with Crippen molar-refractivity contribution in [1.82, 2.24) is 5.32 Å². The van der Waals surface area contributed by atoms with E-state index >= 15 is 0 Å². The molecule has 9 heteroatoms. The Kier molecular flexibility index (Phi) is 4.73. The van der Waals surface area contributed by atoms with Crippen molar-refractivity contribution < 1.29 is 33.1 Å². The Morgan fingerprint density at radius 3 is 2.62 bits per heavy atom. The predicted molar refractivity (Wildman–Crippen MR) is 85.4 cm³/mol. The van der Waals surface area contributed by atoms with Crippen LogP contribution < -0.4 is 5.32 Å². The van der Waals surface area contributed by atoms with Crippen LogP contribution in [0.3, 0.4) is 0 Å². The summed E-state index contributed by atoms with van der Waals surface area (Å²) in [4.78, 5) is 28.8. The number of hydrogen-bond acceptors (Lipinski definition) is 5. The van der Waals surface area contributed by atoms with Gasteiger partial charge in [0.2, 0.25) is 5.60 Å². The fourth-order valence-electron chi connectivity index (χ4n) is 2.86. The van der Waals surface area contributed by atoms with Crippen LogP contribution in [0, 0.1) is 11.6 Å². The first kappa shape index (κ1) is 18.0. The van der Waals surface area contributed by atoms with Crippen molar-refractivity contribution >= 4 is 17.6 Å². The van der Waals surface area contributed by atoms with Crippen LogP contribution in [-0.2, 0) is 19.2 Å². The van der Waals surface area contributed by atoms with Gasteiger partial charge in [0.25, 0.3) is 5.91 Å². The number of benzene rings is 1. The van der Waals surface area contributed by atoms with Crippen molar-refractivity contribution in [2.24, 2.45) is 5.16 Å². The lowest BCUT2D eigenvalue weighted by atomic mass is 9.92. The smallest absolute Gasteiger partial charge is 0.332 e. The fraction of sp³-hybridized carbons (Fsp3) is 0.353. The average molecular weight is 366 g/mol. The number of carbonyl (C=O) groups excluding carboxylic acids is 1. The van der Waals surface area contributed by atoms with E-state index in [0.717, 1.165) is 18.2 Å². The summed E-state index contributed by atoms with van der Waals surface area (Å²) >= 11 is 0. The van der Waals surface area contributed by atoms with Crippen LogP contribution in [0.2, 0.25) is 0 Å². The normalized spacial score (nSPS) is 27.5. The summed E-state index contributed by atoms with van der Waals surface area (Å²) in [5.41, 5.74) is -1.18. The van der Waals surface area contributed by atoms with Crippen molar-refractivity contribution in [1.29, 1.82) is 0 Å². The van der Waals surface area contributed by atoms with E-state index in [1.807, 2.05) is 0 Å². The number of hydrogen-bond donors (Lipinski definition) is 2. The van der Waals surface area contributed by atoms with Gasteiger partial charge in [-0.25, -0.2) is 13.6 Å². The molecule has 3 rings (SSSR count). The highest BCUT2D eigenvalue weighted by Gasteiger charge is 2.46. The number of carboxylic acids is 1. The van der Waals surface area contributed by atoms with E-state index in [0.29, 0.717) is 0 Å². The van der Waals surface area contributed by atoms with Crippen molar-refractivity contribution in [3.63, 3.8) is 0 Å². The Morgan fingerprint density at radius 2 is 2.04 bits per heavy atom. The van der Waals surface area contributed by atoms with Crippen molar-refractivity contribution in [2.45, 2.75) is 30.6 Å². The summed E-state index contributed by atoms with van der Waals surface area (Å²) in [6, 6.07) is 2.40. The maximum absolute atomic E-state index is 13.4. The zero-order valence-electron chi connectivity index (χ0n) is 13.6.